The van der Waals surface area contributed by atoms with E-state index in [1.54, 1.807) is 25.3 Å². The van der Waals surface area contributed by atoms with Crippen molar-refractivity contribution in [3.8, 4) is 5.75 Å². The summed E-state index contributed by atoms with van der Waals surface area (Å²) >= 11 is 5.86. The molecule has 5 heteroatoms. The Morgan fingerprint density at radius 2 is 2.25 bits per heavy atom. The molecule has 0 amide bonds. The summed E-state index contributed by atoms with van der Waals surface area (Å²) in [6.45, 7) is 0.166. The quantitative estimate of drug-likeness (QED) is 0.794. The molecule has 0 saturated carbocycles. The van der Waals surface area contributed by atoms with Gasteiger partial charge in [0.2, 0.25) is 0 Å². The van der Waals surface area contributed by atoms with Gasteiger partial charge < -0.3 is 15.2 Å². The van der Waals surface area contributed by atoms with Gasteiger partial charge in [0.15, 0.2) is 0 Å². The van der Waals surface area contributed by atoms with E-state index in [1.807, 2.05) is 0 Å². The van der Waals surface area contributed by atoms with Gasteiger partial charge in [-0.25, -0.2) is 0 Å². The van der Waals surface area contributed by atoms with E-state index in [0.29, 0.717) is 11.4 Å². The molecule has 0 radical (unpaired) electrons. The van der Waals surface area contributed by atoms with Crippen LogP contribution in [0.5, 0.6) is 5.75 Å². The van der Waals surface area contributed by atoms with Crippen molar-refractivity contribution >= 4 is 17.6 Å². The number of halogens is 1. The smallest absolute Gasteiger partial charge is 0.319 e. The zero-order valence-corrected chi connectivity index (χ0v) is 9.79. The van der Waals surface area contributed by atoms with E-state index in [-0.39, 0.29) is 13.2 Å². The van der Waals surface area contributed by atoms with Crippen LogP contribution in [-0.4, -0.2) is 26.2 Å². The van der Waals surface area contributed by atoms with E-state index in [9.17, 15) is 4.79 Å². The van der Waals surface area contributed by atoms with Crippen molar-refractivity contribution in [1.29, 1.82) is 0 Å². The van der Waals surface area contributed by atoms with Gasteiger partial charge in [-0.3, -0.25) is 4.79 Å². The number of rotatable bonds is 5. The minimum Gasteiger partial charge on any atom is -0.496 e. The molecule has 16 heavy (non-hydrogen) atoms. The van der Waals surface area contributed by atoms with E-state index < -0.39 is 5.97 Å². The van der Waals surface area contributed by atoms with Crippen LogP contribution in [0, 0.1) is 0 Å². The molecule has 0 aliphatic rings. The van der Waals surface area contributed by atoms with Gasteiger partial charge in [-0.15, -0.1) is 0 Å². The fourth-order valence-corrected chi connectivity index (χ4v) is 1.47. The lowest BCUT2D eigenvalue weighted by Gasteiger charge is -2.09. The monoisotopic (exact) mass is 243 g/mol. The molecule has 0 bridgehead atoms. The highest BCUT2D eigenvalue weighted by atomic mass is 35.5. The Hall–Kier alpha value is -1.26. The Bertz CT molecular complexity index is 368. The molecule has 0 fully saturated rings. The first-order valence-corrected chi connectivity index (χ1v) is 5.23. The van der Waals surface area contributed by atoms with E-state index in [2.05, 4.69) is 0 Å². The molecule has 2 N–H and O–H groups in total. The van der Waals surface area contributed by atoms with Crippen molar-refractivity contribution in [3.63, 3.8) is 0 Å². The Morgan fingerprint density at radius 1 is 1.50 bits per heavy atom. The van der Waals surface area contributed by atoms with Gasteiger partial charge in [-0.1, -0.05) is 11.6 Å². The minimum absolute atomic E-state index is 0.104. The number of esters is 1. The summed E-state index contributed by atoms with van der Waals surface area (Å²) in [5, 5.41) is 0.626. The van der Waals surface area contributed by atoms with Crippen LogP contribution in [-0.2, 0) is 16.0 Å². The molecular formula is C11H14ClNO3. The highest BCUT2D eigenvalue weighted by Crippen LogP contribution is 2.22. The van der Waals surface area contributed by atoms with E-state index in [0.717, 1.165) is 11.3 Å². The fourth-order valence-electron chi connectivity index (χ4n) is 1.28. The predicted octanol–water partition coefficient (Wildman–Crippen LogP) is 1.39. The van der Waals surface area contributed by atoms with Gasteiger partial charge >= 0.3 is 5.97 Å². The van der Waals surface area contributed by atoms with Crippen LogP contribution < -0.4 is 10.5 Å². The number of nitrogens with two attached hydrogens (primary N) is 1. The third-order valence-corrected chi connectivity index (χ3v) is 2.28. The van der Waals surface area contributed by atoms with Gasteiger partial charge in [-0.05, 0) is 23.8 Å². The maximum absolute atomic E-state index is 10.8. The number of carbonyl (C=O) groups is 1. The summed E-state index contributed by atoms with van der Waals surface area (Å²) in [6, 6.07) is 5.31. The largest absolute Gasteiger partial charge is 0.496 e. The maximum Gasteiger partial charge on any atom is 0.319 e. The number of carbonyl (C=O) groups excluding carboxylic acids is 1. The normalized spacial score (nSPS) is 9.94. The number of hydrogen-bond acceptors (Lipinski definition) is 4. The third-order valence-electron chi connectivity index (χ3n) is 2.04. The number of methoxy groups -OCH3 is 1. The molecular weight excluding hydrogens is 230 g/mol. The Kier molecular flexibility index (Phi) is 5.08. The molecule has 0 spiro atoms. The van der Waals surface area contributed by atoms with E-state index in [4.69, 9.17) is 26.8 Å². The van der Waals surface area contributed by atoms with E-state index >= 15 is 0 Å². The van der Waals surface area contributed by atoms with Crippen molar-refractivity contribution in [2.45, 2.75) is 6.42 Å². The second kappa shape index (κ2) is 6.35. The lowest BCUT2D eigenvalue weighted by atomic mass is 10.1. The summed E-state index contributed by atoms with van der Waals surface area (Å²) < 4.78 is 10.0. The lowest BCUT2D eigenvalue weighted by molar-refractivity contribution is -0.141. The second-order valence-corrected chi connectivity index (χ2v) is 3.57. The second-order valence-electron chi connectivity index (χ2n) is 3.13. The van der Waals surface area contributed by atoms with Gasteiger partial charge in [0.25, 0.3) is 0 Å². The fraction of sp³-hybridized carbons (Fsp3) is 0.364. The molecule has 0 aliphatic heterocycles. The summed E-state index contributed by atoms with van der Waals surface area (Å²) in [4.78, 5) is 10.8. The highest BCUT2D eigenvalue weighted by molar-refractivity contribution is 6.30. The molecule has 88 valence electrons. The van der Waals surface area contributed by atoms with Crippen LogP contribution in [0.2, 0.25) is 5.02 Å². The van der Waals surface area contributed by atoms with Crippen LogP contribution in [0.4, 0.5) is 0 Å². The molecule has 1 aromatic rings. The van der Waals surface area contributed by atoms with Gasteiger partial charge in [0.05, 0.1) is 20.3 Å². The van der Waals surface area contributed by atoms with Crippen LogP contribution in [0.15, 0.2) is 18.2 Å². The average molecular weight is 244 g/mol. The maximum atomic E-state index is 10.8. The zero-order chi connectivity index (χ0) is 12.0. The summed E-state index contributed by atoms with van der Waals surface area (Å²) in [6.07, 6.45) is 0.551. The first-order chi connectivity index (χ1) is 7.67. The molecule has 0 unspecified atom stereocenters. The van der Waals surface area contributed by atoms with Crippen molar-refractivity contribution in [1.82, 2.24) is 0 Å². The Balaban J connectivity index is 2.58. The summed E-state index contributed by atoms with van der Waals surface area (Å²) in [7, 11) is 1.58. The molecule has 0 aliphatic carbocycles. The zero-order valence-electron chi connectivity index (χ0n) is 9.03. The summed E-state index contributed by atoms with van der Waals surface area (Å²) in [5.41, 5.74) is 6.01. The Morgan fingerprint density at radius 3 is 2.88 bits per heavy atom. The molecule has 0 atom stereocenters. The van der Waals surface area contributed by atoms with E-state index in [1.165, 1.54) is 0 Å². The SMILES string of the molecule is COc1ccc(Cl)cc1CCOC(=O)CN. The third kappa shape index (κ3) is 3.72. The molecule has 0 saturated heterocycles. The van der Waals surface area contributed by atoms with Gasteiger partial charge in [-0.2, -0.15) is 0 Å². The van der Waals surface area contributed by atoms with Gasteiger partial charge in [0, 0.05) is 11.4 Å². The first-order valence-electron chi connectivity index (χ1n) is 4.85. The number of ether oxygens (including phenoxy) is 2. The molecule has 1 rings (SSSR count). The Labute approximate surface area is 99.3 Å². The lowest BCUT2D eigenvalue weighted by Crippen LogP contribution is -2.18. The molecule has 0 heterocycles. The predicted molar refractivity (Wildman–Crippen MR) is 61.7 cm³/mol. The van der Waals surface area contributed by atoms with Crippen molar-refractivity contribution in [2.75, 3.05) is 20.3 Å². The van der Waals surface area contributed by atoms with Crippen molar-refractivity contribution in [3.05, 3.63) is 28.8 Å². The minimum atomic E-state index is -0.416. The molecule has 0 aromatic heterocycles. The van der Waals surface area contributed by atoms with Crippen molar-refractivity contribution < 1.29 is 14.3 Å². The molecule has 4 nitrogen and oxygen atoms in total. The van der Waals surface area contributed by atoms with Crippen molar-refractivity contribution in [2.24, 2.45) is 5.73 Å². The standard InChI is InChI=1S/C11H14ClNO3/c1-15-10-3-2-9(12)6-8(10)4-5-16-11(14)7-13/h2-3,6H,4-5,7,13H2,1H3. The van der Waals surface area contributed by atoms with Crippen LogP contribution >= 0.6 is 11.6 Å². The van der Waals surface area contributed by atoms with Crippen LogP contribution in [0.3, 0.4) is 0 Å². The van der Waals surface area contributed by atoms with Crippen LogP contribution in [0.25, 0.3) is 0 Å². The van der Waals surface area contributed by atoms with Gasteiger partial charge in [0.1, 0.15) is 5.75 Å². The molecule has 1 aromatic carbocycles. The topological polar surface area (TPSA) is 61.5 Å². The first kappa shape index (κ1) is 12.8. The van der Waals surface area contributed by atoms with Crippen LogP contribution in [0.1, 0.15) is 5.56 Å². The average Bonchev–Trinajstić information content (AvgIpc) is 2.29. The number of hydrogen-bond donors (Lipinski definition) is 1. The summed E-state index contributed by atoms with van der Waals surface area (Å²) in [5.74, 6) is 0.314. The number of benzene rings is 1. The highest BCUT2D eigenvalue weighted by Gasteiger charge is 2.05.